The molecule has 0 amide bonds. The Morgan fingerprint density at radius 2 is 2.00 bits per heavy atom. The predicted molar refractivity (Wildman–Crippen MR) is 92.9 cm³/mol. The summed E-state index contributed by atoms with van der Waals surface area (Å²) >= 11 is 5.70. The minimum Gasteiger partial charge on any atom is -0.394 e. The highest BCUT2D eigenvalue weighted by Gasteiger charge is 2.35. The van der Waals surface area contributed by atoms with E-state index < -0.39 is 0 Å². The van der Waals surface area contributed by atoms with Gasteiger partial charge in [-0.1, -0.05) is 36.3 Å². The van der Waals surface area contributed by atoms with Crippen LogP contribution in [0.1, 0.15) is 43.7 Å². The number of halogens is 1. The third-order valence-electron chi connectivity index (χ3n) is 4.25. The Labute approximate surface area is 143 Å². The van der Waals surface area contributed by atoms with Crippen LogP contribution in [0, 0.1) is 23.2 Å². The molecular formula is C19H23ClN2O. The standard InChI is InChI=1S/C19H23ClN2O/c20-13-6-2-5-10-17-11-7-12-18(14-21)22(17)19(15-23)16-8-3-1-4-9-16/h1,3-4,8-9,17-19,23H,2,6-7,11-13,15H2/t17-,18-,19-/m0/s1. The van der Waals surface area contributed by atoms with Crippen LogP contribution in [-0.4, -0.2) is 34.6 Å². The van der Waals surface area contributed by atoms with Gasteiger partial charge in [-0.05, 0) is 31.2 Å². The Balaban J connectivity index is 2.25. The molecule has 1 N–H and O–H groups in total. The van der Waals surface area contributed by atoms with Crippen molar-refractivity contribution in [1.82, 2.24) is 4.90 Å². The lowest BCUT2D eigenvalue weighted by Crippen LogP contribution is -2.48. The number of hydrogen-bond acceptors (Lipinski definition) is 3. The number of aliphatic hydroxyl groups is 1. The van der Waals surface area contributed by atoms with Crippen molar-refractivity contribution < 1.29 is 5.11 Å². The van der Waals surface area contributed by atoms with Crippen LogP contribution in [0.15, 0.2) is 30.3 Å². The fourth-order valence-corrected chi connectivity index (χ4v) is 3.26. The van der Waals surface area contributed by atoms with E-state index in [0.717, 1.165) is 37.7 Å². The van der Waals surface area contributed by atoms with E-state index in [9.17, 15) is 10.4 Å². The van der Waals surface area contributed by atoms with Gasteiger partial charge >= 0.3 is 0 Å². The van der Waals surface area contributed by atoms with Crippen molar-refractivity contribution in [1.29, 1.82) is 5.26 Å². The SMILES string of the molecule is N#C[C@@H]1CCC[C@H](C#CCCCCl)N1[C@@H](CO)c1ccccc1. The Morgan fingerprint density at radius 3 is 2.65 bits per heavy atom. The molecule has 122 valence electrons. The number of hydrogen-bond donors (Lipinski definition) is 1. The monoisotopic (exact) mass is 330 g/mol. The van der Waals surface area contributed by atoms with Gasteiger partial charge in [-0.15, -0.1) is 17.5 Å². The zero-order chi connectivity index (χ0) is 16.5. The summed E-state index contributed by atoms with van der Waals surface area (Å²) in [6.07, 6.45) is 4.43. The van der Waals surface area contributed by atoms with Crippen molar-refractivity contribution in [3.8, 4) is 17.9 Å². The molecule has 0 radical (unpaired) electrons. The third-order valence-corrected chi connectivity index (χ3v) is 4.51. The summed E-state index contributed by atoms with van der Waals surface area (Å²) < 4.78 is 0. The van der Waals surface area contributed by atoms with Crippen LogP contribution in [0.25, 0.3) is 0 Å². The van der Waals surface area contributed by atoms with Gasteiger partial charge in [0, 0.05) is 12.3 Å². The van der Waals surface area contributed by atoms with Gasteiger partial charge in [0.2, 0.25) is 0 Å². The average Bonchev–Trinajstić information content (AvgIpc) is 2.61. The summed E-state index contributed by atoms with van der Waals surface area (Å²) in [5, 5.41) is 19.5. The van der Waals surface area contributed by atoms with Gasteiger partial charge in [0.1, 0.15) is 0 Å². The minimum absolute atomic E-state index is 0.0119. The first-order valence-corrected chi connectivity index (χ1v) is 8.72. The maximum atomic E-state index is 9.96. The predicted octanol–water partition coefficient (Wildman–Crippen LogP) is 3.49. The van der Waals surface area contributed by atoms with E-state index in [1.165, 1.54) is 0 Å². The number of benzene rings is 1. The second kappa shape index (κ2) is 9.58. The van der Waals surface area contributed by atoms with Crippen molar-refractivity contribution >= 4 is 11.6 Å². The van der Waals surface area contributed by atoms with E-state index in [-0.39, 0.29) is 24.7 Å². The van der Waals surface area contributed by atoms with Gasteiger partial charge in [-0.25, -0.2) is 0 Å². The van der Waals surface area contributed by atoms with Gasteiger partial charge in [-0.2, -0.15) is 5.26 Å². The Kier molecular flexibility index (Phi) is 7.43. The lowest BCUT2D eigenvalue weighted by atomic mass is 9.92. The third kappa shape index (κ3) is 4.72. The molecule has 1 saturated heterocycles. The van der Waals surface area contributed by atoms with Gasteiger partial charge in [-0.3, -0.25) is 4.90 Å². The Morgan fingerprint density at radius 1 is 1.26 bits per heavy atom. The van der Waals surface area contributed by atoms with Crippen molar-refractivity contribution in [2.75, 3.05) is 12.5 Å². The number of alkyl halides is 1. The van der Waals surface area contributed by atoms with Crippen LogP contribution < -0.4 is 0 Å². The quantitative estimate of drug-likeness (QED) is 0.510. The summed E-state index contributed by atoms with van der Waals surface area (Å²) in [7, 11) is 0. The molecular weight excluding hydrogens is 308 g/mol. The van der Waals surface area contributed by atoms with Crippen LogP contribution >= 0.6 is 11.6 Å². The smallest absolute Gasteiger partial charge is 0.0993 e. The van der Waals surface area contributed by atoms with Gasteiger partial charge in [0.05, 0.1) is 30.8 Å². The molecule has 0 unspecified atom stereocenters. The van der Waals surface area contributed by atoms with Crippen molar-refractivity contribution in [2.24, 2.45) is 0 Å². The molecule has 4 heteroatoms. The number of aliphatic hydroxyl groups excluding tert-OH is 1. The summed E-state index contributed by atoms with van der Waals surface area (Å²) in [6, 6.07) is 11.9. The summed E-state index contributed by atoms with van der Waals surface area (Å²) in [5.74, 6) is 7.12. The van der Waals surface area contributed by atoms with E-state index in [0.29, 0.717) is 5.88 Å². The molecule has 1 aliphatic rings. The molecule has 3 atom stereocenters. The van der Waals surface area contributed by atoms with Gasteiger partial charge < -0.3 is 5.11 Å². The zero-order valence-corrected chi connectivity index (χ0v) is 14.0. The normalized spacial score (nSPS) is 22.7. The highest BCUT2D eigenvalue weighted by Crippen LogP contribution is 2.32. The first kappa shape index (κ1) is 17.8. The highest BCUT2D eigenvalue weighted by atomic mass is 35.5. The molecule has 23 heavy (non-hydrogen) atoms. The highest BCUT2D eigenvalue weighted by molar-refractivity contribution is 6.17. The maximum absolute atomic E-state index is 9.96. The molecule has 1 fully saturated rings. The summed E-state index contributed by atoms with van der Waals surface area (Å²) in [4.78, 5) is 2.10. The Bertz CT molecular complexity index is 573. The number of nitriles is 1. The molecule has 2 rings (SSSR count). The molecule has 1 aromatic carbocycles. The van der Waals surface area contributed by atoms with E-state index in [2.05, 4.69) is 22.8 Å². The number of likely N-dealkylation sites (tertiary alicyclic amines) is 1. The maximum Gasteiger partial charge on any atom is 0.0993 e. The van der Waals surface area contributed by atoms with Crippen LogP contribution in [0.4, 0.5) is 0 Å². The molecule has 0 aromatic heterocycles. The van der Waals surface area contributed by atoms with Gasteiger partial charge in [0.25, 0.3) is 0 Å². The molecule has 0 aliphatic carbocycles. The topological polar surface area (TPSA) is 47.3 Å². The summed E-state index contributed by atoms with van der Waals surface area (Å²) in [5.41, 5.74) is 1.03. The van der Waals surface area contributed by atoms with Crippen molar-refractivity contribution in [3.63, 3.8) is 0 Å². The fraction of sp³-hybridized carbons (Fsp3) is 0.526. The minimum atomic E-state index is -0.201. The van der Waals surface area contributed by atoms with Crippen molar-refractivity contribution in [3.05, 3.63) is 35.9 Å². The number of piperidine rings is 1. The molecule has 0 bridgehead atoms. The van der Waals surface area contributed by atoms with E-state index in [1.807, 2.05) is 30.3 Å². The van der Waals surface area contributed by atoms with Crippen molar-refractivity contribution in [2.45, 2.75) is 50.2 Å². The van der Waals surface area contributed by atoms with E-state index in [4.69, 9.17) is 11.6 Å². The fourth-order valence-electron chi connectivity index (χ4n) is 3.12. The first-order chi connectivity index (χ1) is 11.3. The number of nitrogens with zero attached hydrogens (tertiary/aromatic N) is 2. The molecule has 0 saturated carbocycles. The Hall–Kier alpha value is -1.52. The molecule has 3 nitrogen and oxygen atoms in total. The first-order valence-electron chi connectivity index (χ1n) is 8.19. The van der Waals surface area contributed by atoms with Crippen LogP contribution in [0.2, 0.25) is 0 Å². The lowest BCUT2D eigenvalue weighted by molar-refractivity contribution is 0.0535. The van der Waals surface area contributed by atoms with E-state index in [1.54, 1.807) is 0 Å². The summed E-state index contributed by atoms with van der Waals surface area (Å²) in [6.45, 7) is -0.0119. The molecule has 1 heterocycles. The molecule has 1 aliphatic heterocycles. The zero-order valence-electron chi connectivity index (χ0n) is 13.3. The van der Waals surface area contributed by atoms with Crippen LogP contribution in [0.3, 0.4) is 0 Å². The lowest BCUT2D eigenvalue weighted by Gasteiger charge is -2.41. The van der Waals surface area contributed by atoms with Crippen LogP contribution in [-0.2, 0) is 0 Å². The van der Waals surface area contributed by atoms with E-state index >= 15 is 0 Å². The second-order valence-electron chi connectivity index (χ2n) is 5.76. The number of rotatable bonds is 5. The van der Waals surface area contributed by atoms with Crippen LogP contribution in [0.5, 0.6) is 0 Å². The molecule has 0 spiro atoms. The van der Waals surface area contributed by atoms with Gasteiger partial charge in [0.15, 0.2) is 0 Å². The second-order valence-corrected chi connectivity index (χ2v) is 6.14. The largest absolute Gasteiger partial charge is 0.394 e. The molecule has 1 aromatic rings. The number of unbranched alkanes of at least 4 members (excludes halogenated alkanes) is 1. The average molecular weight is 331 g/mol.